The van der Waals surface area contributed by atoms with E-state index in [0.29, 0.717) is 0 Å². The molecule has 22 heavy (non-hydrogen) atoms. The number of aryl methyl sites for hydroxylation is 2. The predicted molar refractivity (Wildman–Crippen MR) is 86.5 cm³/mol. The number of nitrogens with one attached hydrogen (secondary N) is 2. The van der Waals surface area contributed by atoms with Crippen LogP contribution in [0.5, 0.6) is 0 Å². The van der Waals surface area contributed by atoms with E-state index < -0.39 is 0 Å². The van der Waals surface area contributed by atoms with Gasteiger partial charge in [-0.25, -0.2) is 14.2 Å². The van der Waals surface area contributed by atoms with Gasteiger partial charge in [0, 0.05) is 4.88 Å². The molecule has 2 atom stereocenters. The van der Waals surface area contributed by atoms with Gasteiger partial charge < -0.3 is 10.6 Å². The Morgan fingerprint density at radius 1 is 1.23 bits per heavy atom. The molecule has 0 unspecified atom stereocenters. The fourth-order valence-corrected chi connectivity index (χ4v) is 3.24. The van der Waals surface area contributed by atoms with Crippen LogP contribution < -0.4 is 10.6 Å². The molecule has 0 saturated heterocycles. The zero-order chi connectivity index (χ0) is 16.3. The van der Waals surface area contributed by atoms with E-state index in [1.54, 1.807) is 23.5 Å². The summed E-state index contributed by atoms with van der Waals surface area (Å²) in [5.41, 5.74) is 1.67. The Morgan fingerprint density at radius 3 is 2.50 bits per heavy atom. The van der Waals surface area contributed by atoms with E-state index in [9.17, 15) is 9.18 Å². The van der Waals surface area contributed by atoms with Gasteiger partial charge in [0.2, 0.25) is 0 Å². The first-order valence-corrected chi connectivity index (χ1v) is 7.95. The molecule has 0 aliphatic heterocycles. The molecule has 0 spiro atoms. The van der Waals surface area contributed by atoms with E-state index in [2.05, 4.69) is 15.6 Å². The van der Waals surface area contributed by atoms with Gasteiger partial charge in [-0.2, -0.15) is 0 Å². The molecular formula is C16H20FN3OS. The van der Waals surface area contributed by atoms with Crippen LogP contribution in [0.4, 0.5) is 9.18 Å². The van der Waals surface area contributed by atoms with Crippen molar-refractivity contribution < 1.29 is 9.18 Å². The zero-order valence-electron chi connectivity index (χ0n) is 13.1. The van der Waals surface area contributed by atoms with Crippen LogP contribution in [0, 0.1) is 19.7 Å². The monoisotopic (exact) mass is 321 g/mol. The first-order valence-electron chi connectivity index (χ1n) is 7.13. The minimum atomic E-state index is -0.310. The van der Waals surface area contributed by atoms with Gasteiger partial charge in [-0.1, -0.05) is 12.1 Å². The topological polar surface area (TPSA) is 54.0 Å². The number of urea groups is 1. The molecule has 118 valence electrons. The molecule has 1 aromatic heterocycles. The maximum absolute atomic E-state index is 13.2. The number of halogens is 1. The van der Waals surface area contributed by atoms with E-state index >= 15 is 0 Å². The standard InChI is InChI=1S/C16H20FN3OS/c1-9(13-6-5-7-14(17)8-13)19-16(21)20-11(3)15-10(2)18-12(4)22-15/h5-9,11H,1-4H3,(H2,19,20,21)/t9-,11+/m1/s1. The van der Waals surface area contributed by atoms with Gasteiger partial charge in [-0.05, 0) is 45.4 Å². The number of thiazole rings is 1. The van der Waals surface area contributed by atoms with E-state index in [4.69, 9.17) is 0 Å². The number of nitrogens with zero attached hydrogens (tertiary/aromatic N) is 1. The second kappa shape index (κ2) is 6.87. The third kappa shape index (κ3) is 4.04. The summed E-state index contributed by atoms with van der Waals surface area (Å²) in [6.07, 6.45) is 0. The lowest BCUT2D eigenvalue weighted by molar-refractivity contribution is 0.235. The summed E-state index contributed by atoms with van der Waals surface area (Å²) in [5.74, 6) is -0.310. The van der Waals surface area contributed by atoms with Crippen LogP contribution in [0.15, 0.2) is 24.3 Å². The minimum absolute atomic E-state index is 0.120. The van der Waals surface area contributed by atoms with E-state index in [0.717, 1.165) is 21.1 Å². The average Bonchev–Trinajstić information content (AvgIpc) is 2.77. The Balaban J connectivity index is 1.96. The number of carbonyl (C=O) groups excluding carboxylic acids is 1. The summed E-state index contributed by atoms with van der Waals surface area (Å²) >= 11 is 1.58. The first-order chi connectivity index (χ1) is 10.4. The Bertz CT molecular complexity index is 671. The number of carbonyl (C=O) groups is 1. The predicted octanol–water partition coefficient (Wildman–Crippen LogP) is 4.02. The quantitative estimate of drug-likeness (QED) is 0.893. The minimum Gasteiger partial charge on any atom is -0.332 e. The van der Waals surface area contributed by atoms with Gasteiger partial charge in [-0.15, -0.1) is 11.3 Å². The Morgan fingerprint density at radius 2 is 1.91 bits per heavy atom. The summed E-state index contributed by atoms with van der Waals surface area (Å²) in [5, 5.41) is 6.69. The molecule has 2 rings (SSSR count). The number of benzene rings is 1. The summed E-state index contributed by atoms with van der Waals surface area (Å²) in [6, 6.07) is 5.55. The fraction of sp³-hybridized carbons (Fsp3) is 0.375. The molecule has 2 aromatic rings. The lowest BCUT2D eigenvalue weighted by atomic mass is 10.1. The molecule has 0 fully saturated rings. The second-order valence-corrected chi connectivity index (χ2v) is 6.53. The maximum Gasteiger partial charge on any atom is 0.315 e. The number of hydrogen-bond donors (Lipinski definition) is 2. The van der Waals surface area contributed by atoms with Crippen LogP contribution in [0.25, 0.3) is 0 Å². The van der Waals surface area contributed by atoms with Crippen molar-refractivity contribution in [2.75, 3.05) is 0 Å². The third-order valence-corrected chi connectivity index (χ3v) is 4.63. The Hall–Kier alpha value is -1.95. The van der Waals surface area contributed by atoms with Crippen molar-refractivity contribution in [2.45, 2.75) is 39.8 Å². The second-order valence-electron chi connectivity index (χ2n) is 5.30. The summed E-state index contributed by atoms with van der Waals surface area (Å²) < 4.78 is 13.2. The third-order valence-electron chi connectivity index (χ3n) is 3.38. The van der Waals surface area contributed by atoms with Gasteiger partial charge >= 0.3 is 6.03 Å². The van der Waals surface area contributed by atoms with Crippen molar-refractivity contribution in [1.82, 2.24) is 15.6 Å². The highest BCUT2D eigenvalue weighted by Gasteiger charge is 2.17. The SMILES string of the molecule is Cc1nc(C)c([C@H](C)NC(=O)N[C@H](C)c2cccc(F)c2)s1. The van der Waals surface area contributed by atoms with Crippen LogP contribution in [0.1, 0.15) is 47.1 Å². The number of rotatable bonds is 4. The van der Waals surface area contributed by atoms with Crippen LogP contribution in [0.2, 0.25) is 0 Å². The van der Waals surface area contributed by atoms with E-state index in [1.165, 1.54) is 12.1 Å². The summed E-state index contributed by atoms with van der Waals surface area (Å²) in [7, 11) is 0. The van der Waals surface area contributed by atoms with Crippen LogP contribution >= 0.6 is 11.3 Å². The highest BCUT2D eigenvalue weighted by atomic mass is 32.1. The Kier molecular flexibility index (Phi) is 5.13. The molecule has 4 nitrogen and oxygen atoms in total. The highest BCUT2D eigenvalue weighted by Crippen LogP contribution is 2.24. The number of aromatic nitrogens is 1. The largest absolute Gasteiger partial charge is 0.332 e. The van der Waals surface area contributed by atoms with E-state index in [1.807, 2.05) is 27.7 Å². The summed E-state index contributed by atoms with van der Waals surface area (Å²) in [4.78, 5) is 17.5. The van der Waals surface area contributed by atoms with Gasteiger partial charge in [0.05, 0.1) is 22.8 Å². The van der Waals surface area contributed by atoms with Crippen LogP contribution in [-0.2, 0) is 0 Å². The average molecular weight is 321 g/mol. The van der Waals surface area contributed by atoms with Gasteiger partial charge in [0.1, 0.15) is 5.82 Å². The molecule has 0 bridgehead atoms. The highest BCUT2D eigenvalue weighted by molar-refractivity contribution is 7.11. The smallest absolute Gasteiger partial charge is 0.315 e. The molecule has 0 aliphatic carbocycles. The maximum atomic E-state index is 13.2. The van der Waals surface area contributed by atoms with Gasteiger partial charge in [0.25, 0.3) is 0 Å². The van der Waals surface area contributed by atoms with E-state index in [-0.39, 0.29) is 23.9 Å². The van der Waals surface area contributed by atoms with Crippen molar-refractivity contribution in [3.05, 3.63) is 51.2 Å². The normalized spacial score (nSPS) is 13.5. The molecule has 0 saturated carbocycles. The van der Waals surface area contributed by atoms with Crippen molar-refractivity contribution in [2.24, 2.45) is 0 Å². The van der Waals surface area contributed by atoms with Gasteiger partial charge in [0.15, 0.2) is 0 Å². The molecule has 6 heteroatoms. The van der Waals surface area contributed by atoms with Crippen molar-refractivity contribution in [3.8, 4) is 0 Å². The molecule has 1 heterocycles. The summed E-state index contributed by atoms with van der Waals surface area (Å²) in [6.45, 7) is 7.62. The number of amides is 2. The first kappa shape index (κ1) is 16.4. The van der Waals surface area contributed by atoms with Crippen LogP contribution in [-0.4, -0.2) is 11.0 Å². The van der Waals surface area contributed by atoms with Crippen LogP contribution in [0.3, 0.4) is 0 Å². The van der Waals surface area contributed by atoms with Crippen molar-refractivity contribution >= 4 is 17.4 Å². The lowest BCUT2D eigenvalue weighted by Crippen LogP contribution is -2.38. The van der Waals surface area contributed by atoms with Crippen molar-refractivity contribution in [1.29, 1.82) is 0 Å². The molecular weight excluding hydrogens is 301 g/mol. The number of hydrogen-bond acceptors (Lipinski definition) is 3. The fourth-order valence-electron chi connectivity index (χ4n) is 2.31. The van der Waals surface area contributed by atoms with Crippen molar-refractivity contribution in [3.63, 3.8) is 0 Å². The molecule has 0 radical (unpaired) electrons. The van der Waals surface area contributed by atoms with Gasteiger partial charge in [-0.3, -0.25) is 0 Å². The Labute approximate surface area is 133 Å². The molecule has 2 N–H and O–H groups in total. The molecule has 2 amide bonds. The zero-order valence-corrected chi connectivity index (χ0v) is 13.9. The molecule has 0 aliphatic rings. The lowest BCUT2D eigenvalue weighted by Gasteiger charge is -2.18. The molecule has 1 aromatic carbocycles.